The van der Waals surface area contributed by atoms with Crippen LogP contribution in [0.15, 0.2) is 42.5 Å². The third-order valence-corrected chi connectivity index (χ3v) is 2.29. The summed E-state index contributed by atoms with van der Waals surface area (Å²) in [5.74, 6) is -1.08. The fourth-order valence-corrected chi connectivity index (χ4v) is 1.46. The Kier molecular flexibility index (Phi) is 4.39. The van der Waals surface area contributed by atoms with Gasteiger partial charge in [-0.3, -0.25) is 0 Å². The van der Waals surface area contributed by atoms with E-state index in [0.29, 0.717) is 5.56 Å². The number of aryl methyl sites for hydroxylation is 1. The predicted octanol–water partition coefficient (Wildman–Crippen LogP) is 3.94. The smallest absolute Gasteiger partial charge is 0.133 e. The molecule has 0 nitrogen and oxygen atoms in total. The summed E-state index contributed by atoms with van der Waals surface area (Å²) < 4.78 is 26.1. The molecule has 0 aliphatic rings. The molecule has 3 heteroatoms. The van der Waals surface area contributed by atoms with Crippen molar-refractivity contribution in [3.63, 3.8) is 0 Å². The second kappa shape index (κ2) is 5.38. The maximum atomic E-state index is 13.4. The van der Waals surface area contributed by atoms with E-state index in [1.54, 1.807) is 0 Å². The predicted molar refractivity (Wildman–Crippen MR) is 56.5 cm³/mol. The van der Waals surface area contributed by atoms with E-state index >= 15 is 0 Å². The summed E-state index contributed by atoms with van der Waals surface area (Å²) in [7, 11) is 0. The van der Waals surface area contributed by atoms with Crippen LogP contribution in [0.5, 0.6) is 0 Å². The van der Waals surface area contributed by atoms with E-state index < -0.39 is 11.6 Å². The molecule has 0 aliphatic carbocycles. The van der Waals surface area contributed by atoms with Crippen molar-refractivity contribution in [1.29, 1.82) is 0 Å². The zero-order valence-electron chi connectivity index (χ0n) is 8.80. The van der Waals surface area contributed by atoms with Gasteiger partial charge >= 0.3 is 0 Å². The zero-order chi connectivity index (χ0) is 10.8. The van der Waals surface area contributed by atoms with Gasteiger partial charge in [0.1, 0.15) is 11.6 Å². The molecule has 0 amide bonds. The van der Waals surface area contributed by atoms with E-state index in [2.05, 4.69) is 0 Å². The molecule has 0 atom stereocenters. The summed E-state index contributed by atoms with van der Waals surface area (Å²) >= 11 is 0. The van der Waals surface area contributed by atoms with Crippen LogP contribution in [0, 0.1) is 18.6 Å². The van der Waals surface area contributed by atoms with E-state index in [-0.39, 0.29) is 21.7 Å². The summed E-state index contributed by atoms with van der Waals surface area (Å²) in [5, 5.41) is 0. The maximum absolute atomic E-state index is 13.4. The van der Waals surface area contributed by atoms with Crippen LogP contribution < -0.4 is 0 Å². The zero-order valence-corrected chi connectivity index (χ0v) is 10.4. The van der Waals surface area contributed by atoms with Crippen LogP contribution in [-0.2, 0) is 21.7 Å². The molecule has 0 N–H and O–H groups in total. The minimum Gasteiger partial charge on any atom is -0.207 e. The van der Waals surface area contributed by atoms with Gasteiger partial charge in [-0.15, -0.1) is 0 Å². The van der Waals surface area contributed by atoms with Gasteiger partial charge in [0.05, 0.1) is 0 Å². The summed E-state index contributed by atoms with van der Waals surface area (Å²) in [5.41, 5.74) is 2.30. The Morgan fingerprint density at radius 2 is 1.50 bits per heavy atom. The molecule has 2 rings (SSSR count). The second-order valence-corrected chi connectivity index (χ2v) is 3.49. The quantitative estimate of drug-likeness (QED) is 0.674. The molecule has 0 spiro atoms. The largest absolute Gasteiger partial charge is 0.207 e. The third kappa shape index (κ3) is 2.78. The van der Waals surface area contributed by atoms with Gasteiger partial charge in [-0.2, -0.15) is 0 Å². The fraction of sp³-hybridized carbons (Fsp3) is 0.0769. The van der Waals surface area contributed by atoms with Gasteiger partial charge in [-0.25, -0.2) is 8.78 Å². The molecule has 0 bridgehead atoms. The minimum atomic E-state index is -0.552. The molecule has 16 heavy (non-hydrogen) atoms. The van der Waals surface area contributed by atoms with Crippen LogP contribution >= 0.6 is 0 Å². The average molecular weight is 252 g/mol. The van der Waals surface area contributed by atoms with Crippen molar-refractivity contribution in [2.24, 2.45) is 0 Å². The fourth-order valence-electron chi connectivity index (χ4n) is 1.46. The van der Waals surface area contributed by atoms with Crippen LogP contribution in [0.2, 0.25) is 0 Å². The first-order valence-corrected chi connectivity index (χ1v) is 4.69. The Balaban J connectivity index is 0.00000128. The van der Waals surface area contributed by atoms with Gasteiger partial charge < -0.3 is 0 Å². The first-order chi connectivity index (χ1) is 7.16. The van der Waals surface area contributed by atoms with Crippen molar-refractivity contribution in [3.8, 4) is 11.1 Å². The van der Waals surface area contributed by atoms with Gasteiger partial charge in [-0.1, -0.05) is 29.8 Å². The van der Waals surface area contributed by atoms with E-state index in [9.17, 15) is 8.78 Å². The molecule has 0 unspecified atom stereocenters. The molecule has 0 heterocycles. The summed E-state index contributed by atoms with van der Waals surface area (Å²) in [6, 6.07) is 11.1. The molecule has 0 fully saturated rings. The molecular formula is C13H10F2Ti. The molecule has 80 valence electrons. The molecule has 0 radical (unpaired) electrons. The number of halogens is 2. The number of hydrogen-bond acceptors (Lipinski definition) is 0. The molecule has 0 saturated heterocycles. The third-order valence-electron chi connectivity index (χ3n) is 2.29. The van der Waals surface area contributed by atoms with Crippen molar-refractivity contribution >= 4 is 0 Å². The van der Waals surface area contributed by atoms with Crippen LogP contribution in [0.4, 0.5) is 8.78 Å². The van der Waals surface area contributed by atoms with Gasteiger partial charge in [0.2, 0.25) is 0 Å². The Morgan fingerprint density at radius 3 is 2.06 bits per heavy atom. The SMILES string of the molecule is Cc1ccc(-c2ccc(F)cc2F)cc1.[Ti]. The van der Waals surface area contributed by atoms with Gasteiger partial charge in [0, 0.05) is 33.3 Å². The summed E-state index contributed by atoms with van der Waals surface area (Å²) in [4.78, 5) is 0. The Labute approximate surface area is 108 Å². The Hall–Kier alpha value is -0.986. The van der Waals surface area contributed by atoms with E-state index in [1.165, 1.54) is 12.1 Å². The number of benzene rings is 2. The van der Waals surface area contributed by atoms with Crippen LogP contribution in [-0.4, -0.2) is 0 Å². The van der Waals surface area contributed by atoms with Crippen LogP contribution in [0.25, 0.3) is 11.1 Å². The van der Waals surface area contributed by atoms with Crippen LogP contribution in [0.3, 0.4) is 0 Å². The minimum absolute atomic E-state index is 0. The van der Waals surface area contributed by atoms with Crippen molar-refractivity contribution in [2.45, 2.75) is 6.92 Å². The maximum Gasteiger partial charge on any atom is 0.133 e. The Bertz CT molecular complexity index is 478. The average Bonchev–Trinajstić information content (AvgIpc) is 2.20. The monoisotopic (exact) mass is 252 g/mol. The second-order valence-electron chi connectivity index (χ2n) is 3.49. The Morgan fingerprint density at radius 1 is 0.875 bits per heavy atom. The standard InChI is InChI=1S/C13H10F2.Ti/c1-9-2-4-10(5-3-9)12-7-6-11(14)8-13(12)15;/h2-8H,1H3;. The van der Waals surface area contributed by atoms with E-state index in [1.807, 2.05) is 31.2 Å². The first-order valence-electron chi connectivity index (χ1n) is 4.69. The molecule has 0 aliphatic heterocycles. The molecule has 0 aromatic heterocycles. The van der Waals surface area contributed by atoms with Gasteiger partial charge in [0.15, 0.2) is 0 Å². The van der Waals surface area contributed by atoms with E-state index in [4.69, 9.17) is 0 Å². The van der Waals surface area contributed by atoms with Crippen molar-refractivity contribution in [3.05, 3.63) is 59.7 Å². The molecular weight excluding hydrogens is 242 g/mol. The molecule has 0 saturated carbocycles. The van der Waals surface area contributed by atoms with Gasteiger partial charge in [-0.05, 0) is 24.6 Å². The summed E-state index contributed by atoms with van der Waals surface area (Å²) in [6.07, 6.45) is 0. The van der Waals surface area contributed by atoms with E-state index in [0.717, 1.165) is 17.2 Å². The molecule has 2 aromatic rings. The normalized spacial score (nSPS) is 9.69. The van der Waals surface area contributed by atoms with Crippen molar-refractivity contribution in [1.82, 2.24) is 0 Å². The van der Waals surface area contributed by atoms with Gasteiger partial charge in [0.25, 0.3) is 0 Å². The topological polar surface area (TPSA) is 0 Å². The first kappa shape index (κ1) is 13.1. The molecule has 2 aromatic carbocycles. The number of hydrogen-bond donors (Lipinski definition) is 0. The van der Waals surface area contributed by atoms with Crippen molar-refractivity contribution in [2.75, 3.05) is 0 Å². The number of rotatable bonds is 1. The van der Waals surface area contributed by atoms with Crippen LogP contribution in [0.1, 0.15) is 5.56 Å². The summed E-state index contributed by atoms with van der Waals surface area (Å²) in [6.45, 7) is 1.96. The van der Waals surface area contributed by atoms with Crippen molar-refractivity contribution < 1.29 is 30.5 Å².